The SMILES string of the molecule is C1=C(c2ccc(-n3c4ccccc4c4c5c6ccccc6ccc5c5ccccc5c43)cc2)C=C(c2ccccc2)CC1c1ccccc1. The van der Waals surface area contributed by atoms with Crippen molar-refractivity contribution in [1.29, 1.82) is 0 Å². The first kappa shape index (κ1) is 27.9. The lowest BCUT2D eigenvalue weighted by Crippen LogP contribution is -2.04. The summed E-state index contributed by atoms with van der Waals surface area (Å²) in [7, 11) is 0. The van der Waals surface area contributed by atoms with Crippen molar-refractivity contribution in [1.82, 2.24) is 4.57 Å². The van der Waals surface area contributed by atoms with Crippen LogP contribution in [0.5, 0.6) is 0 Å². The maximum atomic E-state index is 2.49. The number of allylic oxidation sites excluding steroid dienone is 4. The third kappa shape index (κ3) is 4.47. The van der Waals surface area contributed by atoms with Gasteiger partial charge in [0.15, 0.2) is 0 Å². The summed E-state index contributed by atoms with van der Waals surface area (Å²) < 4.78 is 2.49. The van der Waals surface area contributed by atoms with Crippen LogP contribution in [0.3, 0.4) is 0 Å². The summed E-state index contributed by atoms with van der Waals surface area (Å²) in [5.41, 5.74) is 10.2. The summed E-state index contributed by atoms with van der Waals surface area (Å²) >= 11 is 0. The minimum atomic E-state index is 0.322. The molecule has 9 aromatic rings. The highest BCUT2D eigenvalue weighted by atomic mass is 15.0. The van der Waals surface area contributed by atoms with Crippen LogP contribution in [0.4, 0.5) is 0 Å². The van der Waals surface area contributed by atoms with E-state index in [1.807, 2.05) is 0 Å². The Morgan fingerprint density at radius 1 is 0.449 bits per heavy atom. The molecule has 0 saturated heterocycles. The van der Waals surface area contributed by atoms with E-state index in [9.17, 15) is 0 Å². The molecule has 1 atom stereocenters. The second kappa shape index (κ2) is 11.2. The summed E-state index contributed by atoms with van der Waals surface area (Å²) in [5.74, 6) is 0.322. The number of benzene rings is 8. The van der Waals surface area contributed by atoms with Crippen molar-refractivity contribution in [3.05, 3.63) is 199 Å². The third-order valence-electron chi connectivity index (χ3n) is 10.5. The van der Waals surface area contributed by atoms with Gasteiger partial charge in [-0.25, -0.2) is 0 Å². The van der Waals surface area contributed by atoms with Gasteiger partial charge in [0.05, 0.1) is 11.0 Å². The molecule has 0 spiro atoms. The molecule has 1 heterocycles. The monoisotopic (exact) mass is 623 g/mol. The van der Waals surface area contributed by atoms with Crippen LogP contribution in [0, 0.1) is 0 Å². The number of nitrogens with zero attached hydrogens (tertiary/aromatic N) is 1. The number of para-hydroxylation sites is 1. The number of fused-ring (bicyclic) bond motifs is 10. The van der Waals surface area contributed by atoms with Crippen LogP contribution in [-0.4, -0.2) is 4.57 Å². The maximum absolute atomic E-state index is 2.49. The lowest BCUT2D eigenvalue weighted by Gasteiger charge is -2.23. The first-order valence-corrected chi connectivity index (χ1v) is 17.2. The fourth-order valence-corrected chi connectivity index (χ4v) is 8.26. The normalized spacial score (nSPS) is 14.9. The Bertz CT molecular complexity index is 2760. The van der Waals surface area contributed by atoms with Crippen molar-refractivity contribution in [2.75, 3.05) is 0 Å². The topological polar surface area (TPSA) is 4.93 Å². The average Bonchev–Trinajstić information content (AvgIpc) is 3.54. The third-order valence-corrected chi connectivity index (χ3v) is 10.5. The molecule has 1 aliphatic carbocycles. The average molecular weight is 624 g/mol. The van der Waals surface area contributed by atoms with E-state index in [0.29, 0.717) is 5.92 Å². The van der Waals surface area contributed by atoms with Gasteiger partial charge in [-0.2, -0.15) is 0 Å². The van der Waals surface area contributed by atoms with E-state index in [-0.39, 0.29) is 0 Å². The van der Waals surface area contributed by atoms with Gasteiger partial charge in [-0.3, -0.25) is 0 Å². The van der Waals surface area contributed by atoms with Gasteiger partial charge in [-0.1, -0.05) is 164 Å². The molecule has 10 rings (SSSR count). The molecule has 0 aliphatic heterocycles. The molecule has 230 valence electrons. The minimum absolute atomic E-state index is 0.322. The van der Waals surface area contributed by atoms with Crippen molar-refractivity contribution in [2.24, 2.45) is 0 Å². The van der Waals surface area contributed by atoms with Crippen LogP contribution < -0.4 is 0 Å². The van der Waals surface area contributed by atoms with E-state index >= 15 is 0 Å². The standard InChI is InChI=1S/C48H33N/c1-3-13-32(14-4-1)36-29-37(33-15-5-2-6-16-33)31-38(30-36)34-23-26-39(27-24-34)49-45-22-12-11-21-44(45)47-46-40-18-8-7-17-35(40)25-28-42(46)41-19-9-10-20-43(41)48(47)49/h1-28,30-31,36H,29H2. The second-order valence-corrected chi connectivity index (χ2v) is 13.3. The highest BCUT2D eigenvalue weighted by Gasteiger charge is 2.22. The van der Waals surface area contributed by atoms with Gasteiger partial charge in [0.25, 0.3) is 0 Å². The summed E-state index contributed by atoms with van der Waals surface area (Å²) in [5, 5.41) is 10.4. The molecule has 0 bridgehead atoms. The predicted molar refractivity (Wildman–Crippen MR) is 209 cm³/mol. The molecule has 0 radical (unpaired) electrons. The molecule has 1 heteroatoms. The van der Waals surface area contributed by atoms with Gasteiger partial charge < -0.3 is 4.57 Å². The Hall–Kier alpha value is -6.18. The Morgan fingerprint density at radius 2 is 1.10 bits per heavy atom. The number of hydrogen-bond donors (Lipinski definition) is 0. The maximum Gasteiger partial charge on any atom is 0.0626 e. The molecule has 0 fully saturated rings. The van der Waals surface area contributed by atoms with Crippen molar-refractivity contribution in [3.8, 4) is 5.69 Å². The molecule has 1 unspecified atom stereocenters. The van der Waals surface area contributed by atoms with Crippen LogP contribution >= 0.6 is 0 Å². The molecule has 0 amide bonds. The molecule has 8 aromatic carbocycles. The van der Waals surface area contributed by atoms with Gasteiger partial charge in [-0.15, -0.1) is 0 Å². The Labute approximate surface area is 285 Å². The summed E-state index contributed by atoms with van der Waals surface area (Å²) in [6.07, 6.45) is 5.85. The molecule has 1 aliphatic rings. The molecular formula is C48H33N. The van der Waals surface area contributed by atoms with E-state index < -0.39 is 0 Å². The number of rotatable bonds is 4. The van der Waals surface area contributed by atoms with Crippen LogP contribution in [0.1, 0.15) is 29.0 Å². The highest BCUT2D eigenvalue weighted by Crippen LogP contribution is 2.45. The Kier molecular flexibility index (Phi) is 6.38. The number of aromatic nitrogens is 1. The fraction of sp³-hybridized carbons (Fsp3) is 0.0417. The van der Waals surface area contributed by atoms with Gasteiger partial charge in [0, 0.05) is 33.2 Å². The summed E-state index contributed by atoms with van der Waals surface area (Å²) in [4.78, 5) is 0. The number of hydrogen-bond acceptors (Lipinski definition) is 0. The van der Waals surface area contributed by atoms with Crippen LogP contribution in [-0.2, 0) is 0 Å². The quantitative estimate of drug-likeness (QED) is 0.172. The molecule has 1 aromatic heterocycles. The van der Waals surface area contributed by atoms with Crippen molar-refractivity contribution in [2.45, 2.75) is 12.3 Å². The van der Waals surface area contributed by atoms with Crippen LogP contribution in [0.2, 0.25) is 0 Å². The first-order chi connectivity index (χ1) is 24.3. The van der Waals surface area contributed by atoms with E-state index in [4.69, 9.17) is 0 Å². The van der Waals surface area contributed by atoms with Crippen LogP contribution in [0.15, 0.2) is 182 Å². The lowest BCUT2D eigenvalue weighted by molar-refractivity contribution is 0.871. The van der Waals surface area contributed by atoms with Crippen molar-refractivity contribution in [3.63, 3.8) is 0 Å². The van der Waals surface area contributed by atoms with E-state index in [1.54, 1.807) is 0 Å². The van der Waals surface area contributed by atoms with Gasteiger partial charge >= 0.3 is 0 Å². The van der Waals surface area contributed by atoms with Gasteiger partial charge in [-0.05, 0) is 74.0 Å². The van der Waals surface area contributed by atoms with Crippen molar-refractivity contribution < 1.29 is 0 Å². The predicted octanol–water partition coefficient (Wildman–Crippen LogP) is 12.9. The van der Waals surface area contributed by atoms with Gasteiger partial charge in [0.1, 0.15) is 0 Å². The van der Waals surface area contributed by atoms with Crippen LogP contribution in [0.25, 0.3) is 71.0 Å². The zero-order valence-corrected chi connectivity index (χ0v) is 27.1. The Balaban J connectivity index is 1.20. The highest BCUT2D eigenvalue weighted by molar-refractivity contribution is 6.36. The minimum Gasteiger partial charge on any atom is -0.309 e. The first-order valence-electron chi connectivity index (χ1n) is 17.2. The zero-order valence-electron chi connectivity index (χ0n) is 27.1. The second-order valence-electron chi connectivity index (χ2n) is 13.3. The molecule has 1 nitrogen and oxygen atoms in total. The van der Waals surface area contributed by atoms with Crippen molar-refractivity contribution >= 4 is 65.3 Å². The van der Waals surface area contributed by atoms with E-state index in [0.717, 1.165) is 6.42 Å². The zero-order chi connectivity index (χ0) is 32.3. The summed E-state index contributed by atoms with van der Waals surface area (Å²) in [6, 6.07) is 62.3. The molecule has 0 saturated carbocycles. The summed E-state index contributed by atoms with van der Waals surface area (Å²) in [6.45, 7) is 0. The smallest absolute Gasteiger partial charge is 0.0626 e. The van der Waals surface area contributed by atoms with E-state index in [2.05, 4.69) is 187 Å². The molecular weight excluding hydrogens is 591 g/mol. The van der Waals surface area contributed by atoms with Gasteiger partial charge in [0.2, 0.25) is 0 Å². The van der Waals surface area contributed by atoms with E-state index in [1.165, 1.54) is 87.6 Å². The molecule has 0 N–H and O–H groups in total. The fourth-order valence-electron chi connectivity index (χ4n) is 8.26. The molecule has 49 heavy (non-hydrogen) atoms. The largest absolute Gasteiger partial charge is 0.309 e. The lowest BCUT2D eigenvalue weighted by atomic mass is 9.81. The Morgan fingerprint density at radius 3 is 1.90 bits per heavy atom.